The highest BCUT2D eigenvalue weighted by Crippen LogP contribution is 2.31. The van der Waals surface area contributed by atoms with Gasteiger partial charge in [0.15, 0.2) is 5.78 Å². The van der Waals surface area contributed by atoms with Gasteiger partial charge in [0.1, 0.15) is 5.82 Å². The highest BCUT2D eigenvalue weighted by molar-refractivity contribution is 6.32. The molecule has 0 spiro atoms. The van der Waals surface area contributed by atoms with Crippen molar-refractivity contribution in [2.24, 2.45) is 0 Å². The number of benzene rings is 2. The van der Waals surface area contributed by atoms with Crippen LogP contribution >= 0.6 is 23.2 Å². The molecule has 0 amide bonds. The Hall–Kier alpha value is -3.28. The molecule has 30 heavy (non-hydrogen) atoms. The van der Waals surface area contributed by atoms with Gasteiger partial charge in [0.25, 0.3) is 5.56 Å². The zero-order valence-electron chi connectivity index (χ0n) is 15.3. The number of ketones is 1. The van der Waals surface area contributed by atoms with Crippen molar-refractivity contribution in [3.05, 3.63) is 104 Å². The van der Waals surface area contributed by atoms with Crippen LogP contribution in [0.1, 0.15) is 15.9 Å². The number of hydrogen-bond donors (Lipinski definition) is 1. The number of rotatable bonds is 4. The second kappa shape index (κ2) is 8.22. The second-order valence-electron chi connectivity index (χ2n) is 6.46. The zero-order chi connectivity index (χ0) is 21.3. The minimum atomic E-state index is -0.593. The van der Waals surface area contributed by atoms with E-state index in [4.69, 9.17) is 23.2 Å². The van der Waals surface area contributed by atoms with Gasteiger partial charge in [0, 0.05) is 39.4 Å². The molecule has 2 aromatic heterocycles. The van der Waals surface area contributed by atoms with Crippen molar-refractivity contribution in [3.8, 4) is 11.1 Å². The molecule has 0 saturated carbocycles. The molecule has 0 radical (unpaired) electrons. The van der Waals surface area contributed by atoms with Crippen LogP contribution in [0.25, 0.3) is 28.1 Å². The standard InChI is InChI=1S/C23H13Cl2FN2O2/c24-14-4-6-19-16(12-14)21(13-8-10-27-11-9-13)22(23(30)28-19)20(29)7-5-15-17(25)2-1-3-18(15)26/h1-12H,(H,28,30). The smallest absolute Gasteiger partial charge is 0.260 e. The SMILES string of the molecule is O=C(C=Cc1c(F)cccc1Cl)c1c(-c2ccncc2)c2cc(Cl)ccc2[nH]c1=O. The number of fused-ring (bicyclic) bond motifs is 1. The lowest BCUT2D eigenvalue weighted by atomic mass is 9.94. The van der Waals surface area contributed by atoms with Crippen molar-refractivity contribution in [2.75, 3.05) is 0 Å². The van der Waals surface area contributed by atoms with E-state index in [0.717, 1.165) is 6.08 Å². The first-order valence-electron chi connectivity index (χ1n) is 8.88. The molecule has 0 aliphatic rings. The summed E-state index contributed by atoms with van der Waals surface area (Å²) in [6.07, 6.45) is 5.53. The minimum absolute atomic E-state index is 0.0678. The molecule has 4 nitrogen and oxygen atoms in total. The van der Waals surface area contributed by atoms with Gasteiger partial charge in [0.2, 0.25) is 0 Å². The molecule has 0 saturated heterocycles. The fourth-order valence-corrected chi connectivity index (χ4v) is 3.63. The summed E-state index contributed by atoms with van der Waals surface area (Å²) < 4.78 is 14.0. The molecule has 148 valence electrons. The van der Waals surface area contributed by atoms with Crippen molar-refractivity contribution >= 4 is 46.0 Å². The van der Waals surface area contributed by atoms with Crippen molar-refractivity contribution in [1.29, 1.82) is 0 Å². The molecule has 4 rings (SSSR count). The number of carbonyl (C=O) groups is 1. The summed E-state index contributed by atoms with van der Waals surface area (Å²) >= 11 is 12.2. The van der Waals surface area contributed by atoms with Crippen molar-refractivity contribution in [1.82, 2.24) is 9.97 Å². The van der Waals surface area contributed by atoms with E-state index in [9.17, 15) is 14.0 Å². The van der Waals surface area contributed by atoms with Crippen molar-refractivity contribution in [2.45, 2.75) is 0 Å². The highest BCUT2D eigenvalue weighted by Gasteiger charge is 2.19. The predicted molar refractivity (Wildman–Crippen MR) is 118 cm³/mol. The maximum Gasteiger partial charge on any atom is 0.260 e. The molecule has 1 N–H and O–H groups in total. The third-order valence-electron chi connectivity index (χ3n) is 4.59. The molecular weight excluding hydrogens is 426 g/mol. The maximum atomic E-state index is 14.0. The quantitative estimate of drug-likeness (QED) is 0.317. The fraction of sp³-hybridized carbons (Fsp3) is 0. The lowest BCUT2D eigenvalue weighted by Gasteiger charge is -2.11. The van der Waals surface area contributed by atoms with Gasteiger partial charge in [-0.15, -0.1) is 0 Å². The van der Waals surface area contributed by atoms with E-state index in [1.165, 1.54) is 24.3 Å². The first kappa shape index (κ1) is 20.0. The van der Waals surface area contributed by atoms with Gasteiger partial charge in [0.05, 0.1) is 10.6 Å². The van der Waals surface area contributed by atoms with Crippen LogP contribution in [-0.4, -0.2) is 15.8 Å². The van der Waals surface area contributed by atoms with Crippen LogP contribution in [0, 0.1) is 5.82 Å². The molecule has 0 fully saturated rings. The molecule has 0 aliphatic heterocycles. The molecule has 0 bridgehead atoms. The van der Waals surface area contributed by atoms with Crippen LogP contribution in [0.4, 0.5) is 4.39 Å². The summed E-state index contributed by atoms with van der Waals surface area (Å²) in [5.74, 6) is -1.16. The van der Waals surface area contributed by atoms with E-state index < -0.39 is 17.2 Å². The van der Waals surface area contributed by atoms with Gasteiger partial charge < -0.3 is 4.98 Å². The van der Waals surface area contributed by atoms with E-state index in [1.54, 1.807) is 42.7 Å². The van der Waals surface area contributed by atoms with E-state index in [-0.39, 0.29) is 16.1 Å². The molecule has 2 aromatic carbocycles. The van der Waals surface area contributed by atoms with Crippen LogP contribution in [0.15, 0.2) is 71.8 Å². The number of aromatic nitrogens is 2. The average Bonchev–Trinajstić information content (AvgIpc) is 2.73. The van der Waals surface area contributed by atoms with Crippen molar-refractivity contribution < 1.29 is 9.18 Å². The van der Waals surface area contributed by atoms with Crippen LogP contribution in [-0.2, 0) is 0 Å². The van der Waals surface area contributed by atoms with Gasteiger partial charge in [-0.1, -0.05) is 29.3 Å². The molecule has 4 aromatic rings. The zero-order valence-corrected chi connectivity index (χ0v) is 16.8. The predicted octanol–water partition coefficient (Wildman–Crippen LogP) is 5.93. The van der Waals surface area contributed by atoms with E-state index in [2.05, 4.69) is 9.97 Å². The molecule has 2 heterocycles. The van der Waals surface area contributed by atoms with Crippen molar-refractivity contribution in [3.63, 3.8) is 0 Å². The highest BCUT2D eigenvalue weighted by atomic mass is 35.5. The summed E-state index contributed by atoms with van der Waals surface area (Å²) in [6.45, 7) is 0. The van der Waals surface area contributed by atoms with Crippen LogP contribution < -0.4 is 5.56 Å². The minimum Gasteiger partial charge on any atom is -0.321 e. The third-order valence-corrected chi connectivity index (χ3v) is 5.16. The number of carbonyl (C=O) groups excluding carboxylic acids is 1. The second-order valence-corrected chi connectivity index (χ2v) is 7.31. The summed E-state index contributed by atoms with van der Waals surface area (Å²) in [7, 11) is 0. The summed E-state index contributed by atoms with van der Waals surface area (Å²) in [4.78, 5) is 32.6. The third kappa shape index (κ3) is 3.77. The molecule has 0 aliphatic carbocycles. The van der Waals surface area contributed by atoms with Gasteiger partial charge in [-0.05, 0) is 60.2 Å². The Balaban J connectivity index is 1.94. The van der Waals surface area contributed by atoms with E-state index in [0.29, 0.717) is 27.1 Å². The van der Waals surface area contributed by atoms with Crippen LogP contribution in [0.3, 0.4) is 0 Å². The van der Waals surface area contributed by atoms with E-state index in [1.807, 2.05) is 0 Å². The number of hydrogen-bond acceptors (Lipinski definition) is 3. The number of nitrogens with one attached hydrogen (secondary N) is 1. The average molecular weight is 439 g/mol. The lowest BCUT2D eigenvalue weighted by molar-refractivity contribution is 0.104. The maximum absolute atomic E-state index is 14.0. The number of H-pyrrole nitrogens is 1. The Kier molecular flexibility index (Phi) is 5.48. The molecule has 0 atom stereocenters. The first-order valence-corrected chi connectivity index (χ1v) is 9.63. The normalized spacial score (nSPS) is 11.3. The summed E-state index contributed by atoms with van der Waals surface area (Å²) in [5, 5.41) is 1.22. The fourth-order valence-electron chi connectivity index (χ4n) is 3.23. The number of pyridine rings is 2. The largest absolute Gasteiger partial charge is 0.321 e. The first-order chi connectivity index (χ1) is 14.5. The van der Waals surface area contributed by atoms with Crippen LogP contribution in [0.2, 0.25) is 10.0 Å². The molecule has 7 heteroatoms. The van der Waals surface area contributed by atoms with Gasteiger partial charge >= 0.3 is 0 Å². The monoisotopic (exact) mass is 438 g/mol. The van der Waals surface area contributed by atoms with Gasteiger partial charge in [-0.25, -0.2) is 4.39 Å². The Labute approximate surface area is 180 Å². The number of allylic oxidation sites excluding steroid dienone is 1. The Bertz CT molecular complexity index is 1340. The Morgan fingerprint density at radius 2 is 1.83 bits per heavy atom. The van der Waals surface area contributed by atoms with E-state index >= 15 is 0 Å². The lowest BCUT2D eigenvalue weighted by Crippen LogP contribution is -2.18. The number of aromatic amines is 1. The van der Waals surface area contributed by atoms with Gasteiger partial charge in [-0.2, -0.15) is 0 Å². The number of halogens is 3. The molecular formula is C23H13Cl2FN2O2. The Morgan fingerprint density at radius 3 is 2.57 bits per heavy atom. The summed E-state index contributed by atoms with van der Waals surface area (Å²) in [5.41, 5.74) is 1.01. The summed E-state index contributed by atoms with van der Waals surface area (Å²) in [6, 6.07) is 12.6. The van der Waals surface area contributed by atoms with Gasteiger partial charge in [-0.3, -0.25) is 14.6 Å². The number of nitrogens with zero attached hydrogens (tertiary/aromatic N) is 1. The molecule has 0 unspecified atom stereocenters. The Morgan fingerprint density at radius 1 is 1.07 bits per heavy atom. The topological polar surface area (TPSA) is 62.8 Å². The van der Waals surface area contributed by atoms with Crippen LogP contribution in [0.5, 0.6) is 0 Å².